The van der Waals surface area contributed by atoms with Crippen LogP contribution >= 0.6 is 0 Å². The summed E-state index contributed by atoms with van der Waals surface area (Å²) in [6, 6.07) is 10.1. The molecule has 0 unspecified atom stereocenters. The van der Waals surface area contributed by atoms with Crippen LogP contribution < -0.4 is 0 Å². The van der Waals surface area contributed by atoms with Gasteiger partial charge in [-0.05, 0) is 32.3 Å². The fourth-order valence-corrected chi connectivity index (χ4v) is 4.12. The van der Waals surface area contributed by atoms with Gasteiger partial charge in [0.1, 0.15) is 18.3 Å². The Labute approximate surface area is 178 Å². The van der Waals surface area contributed by atoms with Gasteiger partial charge in [0, 0.05) is 6.20 Å². The lowest BCUT2D eigenvalue weighted by Crippen LogP contribution is -2.38. The first-order chi connectivity index (χ1) is 14.5. The predicted octanol–water partition coefficient (Wildman–Crippen LogP) is 3.86. The molecule has 0 radical (unpaired) electrons. The maximum atomic E-state index is 6.29. The molecule has 7 heteroatoms. The van der Waals surface area contributed by atoms with E-state index >= 15 is 0 Å². The molecule has 0 N–H and O–H groups in total. The van der Waals surface area contributed by atoms with E-state index in [2.05, 4.69) is 29.4 Å². The molecular weight excluding hydrogens is 382 g/mol. The maximum Gasteiger partial charge on any atom is 0.190 e. The maximum absolute atomic E-state index is 6.29. The number of rotatable bonds is 10. The molecule has 2 aromatic rings. The SMILES string of the molecule is CCCCCCc1cn(C[C@H]2O[C@@H]3OC(C)(C)O[C@@H]3[C@H]2OCc2ccccc2)nn1. The molecule has 4 atom stereocenters. The molecule has 1 aromatic heterocycles. The minimum absolute atomic E-state index is 0.213. The summed E-state index contributed by atoms with van der Waals surface area (Å²) < 4.78 is 26.4. The van der Waals surface area contributed by atoms with E-state index in [-0.39, 0.29) is 18.3 Å². The Kier molecular flexibility index (Phi) is 6.83. The number of aromatic nitrogens is 3. The van der Waals surface area contributed by atoms with Crippen LogP contribution in [0.5, 0.6) is 0 Å². The van der Waals surface area contributed by atoms with Crippen molar-refractivity contribution in [1.82, 2.24) is 15.0 Å². The Morgan fingerprint density at radius 3 is 2.73 bits per heavy atom. The van der Waals surface area contributed by atoms with Crippen molar-refractivity contribution in [1.29, 1.82) is 0 Å². The van der Waals surface area contributed by atoms with Gasteiger partial charge in [-0.3, -0.25) is 0 Å². The standard InChI is InChI=1S/C23H33N3O4/c1-4-5-6-10-13-18-14-26(25-24-18)15-19-20(27-16-17-11-8-7-9-12-17)21-22(28-19)30-23(2,3)29-21/h7-9,11-12,14,19-22H,4-6,10,13,15-16H2,1-3H3/t19-,20+,21-,22-/m1/s1. The van der Waals surface area contributed by atoms with E-state index in [0.29, 0.717) is 13.2 Å². The first-order valence-electron chi connectivity index (χ1n) is 11.1. The van der Waals surface area contributed by atoms with E-state index in [1.165, 1.54) is 19.3 Å². The molecule has 2 aliphatic rings. The summed E-state index contributed by atoms with van der Waals surface area (Å²) in [5.41, 5.74) is 2.15. The van der Waals surface area contributed by atoms with Crippen LogP contribution in [0.25, 0.3) is 0 Å². The molecule has 0 aliphatic carbocycles. The largest absolute Gasteiger partial charge is 0.368 e. The highest BCUT2D eigenvalue weighted by Crippen LogP contribution is 2.39. The van der Waals surface area contributed by atoms with E-state index in [0.717, 1.165) is 24.1 Å². The Bertz CT molecular complexity index is 795. The monoisotopic (exact) mass is 415 g/mol. The number of nitrogens with zero attached hydrogens (tertiary/aromatic N) is 3. The highest BCUT2D eigenvalue weighted by molar-refractivity contribution is 5.13. The number of unbranched alkanes of at least 4 members (excludes halogenated alkanes) is 3. The fraction of sp³-hybridized carbons (Fsp3) is 0.652. The van der Waals surface area contributed by atoms with Crippen LogP contribution in [-0.4, -0.2) is 45.4 Å². The molecule has 3 heterocycles. The van der Waals surface area contributed by atoms with Crippen LogP contribution in [0.2, 0.25) is 0 Å². The van der Waals surface area contributed by atoms with E-state index in [4.69, 9.17) is 18.9 Å². The molecule has 2 aliphatic heterocycles. The van der Waals surface area contributed by atoms with Gasteiger partial charge in [0.25, 0.3) is 0 Å². The van der Waals surface area contributed by atoms with Crippen molar-refractivity contribution in [3.05, 3.63) is 47.8 Å². The molecular formula is C23H33N3O4. The van der Waals surface area contributed by atoms with Crippen molar-refractivity contribution in [2.75, 3.05) is 0 Å². The smallest absolute Gasteiger partial charge is 0.190 e. The quantitative estimate of drug-likeness (QED) is 0.549. The van der Waals surface area contributed by atoms with Crippen molar-refractivity contribution < 1.29 is 18.9 Å². The third kappa shape index (κ3) is 5.27. The van der Waals surface area contributed by atoms with Gasteiger partial charge in [0.05, 0.1) is 18.8 Å². The summed E-state index contributed by atoms with van der Waals surface area (Å²) in [5.74, 6) is -0.673. The topological polar surface area (TPSA) is 67.6 Å². The number of hydrogen-bond donors (Lipinski definition) is 0. The van der Waals surface area contributed by atoms with Crippen molar-refractivity contribution in [3.63, 3.8) is 0 Å². The molecule has 1 aromatic carbocycles. The zero-order valence-electron chi connectivity index (χ0n) is 18.2. The van der Waals surface area contributed by atoms with Crippen LogP contribution in [0.1, 0.15) is 57.7 Å². The molecule has 30 heavy (non-hydrogen) atoms. The van der Waals surface area contributed by atoms with E-state index in [1.807, 2.05) is 42.9 Å². The number of fused-ring (bicyclic) bond motifs is 1. The zero-order chi connectivity index (χ0) is 21.0. The average Bonchev–Trinajstić information content (AvgIpc) is 3.37. The molecule has 4 rings (SSSR count). The second-order valence-electron chi connectivity index (χ2n) is 8.65. The molecule has 2 fully saturated rings. The first-order valence-corrected chi connectivity index (χ1v) is 11.1. The average molecular weight is 416 g/mol. The van der Waals surface area contributed by atoms with E-state index < -0.39 is 12.1 Å². The van der Waals surface area contributed by atoms with Crippen LogP contribution in [0.4, 0.5) is 0 Å². The van der Waals surface area contributed by atoms with Crippen molar-refractivity contribution in [3.8, 4) is 0 Å². The summed E-state index contributed by atoms with van der Waals surface area (Å²) in [7, 11) is 0. The fourth-order valence-electron chi connectivity index (χ4n) is 4.12. The van der Waals surface area contributed by atoms with Gasteiger partial charge in [-0.15, -0.1) is 5.10 Å². The van der Waals surface area contributed by atoms with Gasteiger partial charge < -0.3 is 18.9 Å². The van der Waals surface area contributed by atoms with E-state index in [9.17, 15) is 0 Å². The van der Waals surface area contributed by atoms with Crippen LogP contribution in [0.15, 0.2) is 36.5 Å². The summed E-state index contributed by atoms with van der Waals surface area (Å²) in [6.45, 7) is 7.08. The summed E-state index contributed by atoms with van der Waals surface area (Å²) in [4.78, 5) is 0. The van der Waals surface area contributed by atoms with Gasteiger partial charge >= 0.3 is 0 Å². The second-order valence-corrected chi connectivity index (χ2v) is 8.65. The number of benzene rings is 1. The number of aryl methyl sites for hydroxylation is 1. The lowest BCUT2D eigenvalue weighted by molar-refractivity contribution is -0.220. The summed E-state index contributed by atoms with van der Waals surface area (Å²) >= 11 is 0. The molecule has 164 valence electrons. The molecule has 0 bridgehead atoms. The first kappa shape index (κ1) is 21.4. The lowest BCUT2D eigenvalue weighted by atomic mass is 10.1. The normalized spacial score (nSPS) is 27.4. The lowest BCUT2D eigenvalue weighted by Gasteiger charge is -2.26. The number of ether oxygens (including phenoxy) is 4. The van der Waals surface area contributed by atoms with Crippen molar-refractivity contribution >= 4 is 0 Å². The number of hydrogen-bond acceptors (Lipinski definition) is 6. The van der Waals surface area contributed by atoms with Gasteiger partial charge in [0.2, 0.25) is 0 Å². The molecule has 0 saturated carbocycles. The van der Waals surface area contributed by atoms with E-state index in [1.54, 1.807) is 0 Å². The van der Waals surface area contributed by atoms with Crippen LogP contribution in [-0.2, 0) is 38.5 Å². The Balaban J connectivity index is 1.39. The van der Waals surface area contributed by atoms with Crippen molar-refractivity contribution in [2.45, 2.75) is 96.4 Å². The third-order valence-electron chi connectivity index (χ3n) is 5.61. The minimum atomic E-state index is -0.673. The van der Waals surface area contributed by atoms with Gasteiger partial charge in [-0.25, -0.2) is 4.68 Å². The van der Waals surface area contributed by atoms with Crippen molar-refractivity contribution in [2.24, 2.45) is 0 Å². The highest BCUT2D eigenvalue weighted by Gasteiger charge is 2.55. The minimum Gasteiger partial charge on any atom is -0.368 e. The molecule has 0 spiro atoms. The Morgan fingerprint density at radius 2 is 1.93 bits per heavy atom. The predicted molar refractivity (Wildman–Crippen MR) is 112 cm³/mol. The summed E-state index contributed by atoms with van der Waals surface area (Å²) in [5, 5.41) is 8.63. The van der Waals surface area contributed by atoms with Crippen LogP contribution in [0, 0.1) is 0 Å². The van der Waals surface area contributed by atoms with Gasteiger partial charge in [-0.2, -0.15) is 0 Å². The second kappa shape index (κ2) is 9.56. The molecule has 7 nitrogen and oxygen atoms in total. The van der Waals surface area contributed by atoms with Crippen LogP contribution in [0.3, 0.4) is 0 Å². The molecule has 0 amide bonds. The molecule has 2 saturated heterocycles. The Morgan fingerprint density at radius 1 is 1.10 bits per heavy atom. The third-order valence-corrected chi connectivity index (χ3v) is 5.61. The Hall–Kier alpha value is -1.80. The summed E-state index contributed by atoms with van der Waals surface area (Å²) in [6.07, 6.45) is 6.73. The zero-order valence-corrected chi connectivity index (χ0v) is 18.2. The van der Waals surface area contributed by atoms with Gasteiger partial charge in [0.15, 0.2) is 12.1 Å². The highest BCUT2D eigenvalue weighted by atomic mass is 16.8. The van der Waals surface area contributed by atoms with Gasteiger partial charge in [-0.1, -0.05) is 61.7 Å².